The number of hydrogen-bond acceptors (Lipinski definition) is 6. The maximum atomic E-state index is 12.7. The second-order valence-corrected chi connectivity index (χ2v) is 10.5. The zero-order valence-corrected chi connectivity index (χ0v) is 20.9. The van der Waals surface area contributed by atoms with Crippen LogP contribution in [0.3, 0.4) is 0 Å². The summed E-state index contributed by atoms with van der Waals surface area (Å²) in [6.45, 7) is 2.65. The third-order valence-electron chi connectivity index (χ3n) is 4.96. The molecule has 1 aliphatic rings. The van der Waals surface area contributed by atoms with Gasteiger partial charge in [-0.3, -0.25) is 14.5 Å². The Kier molecular flexibility index (Phi) is 7.60. The van der Waals surface area contributed by atoms with Gasteiger partial charge in [-0.25, -0.2) is 4.98 Å². The number of carbonyl (C=O) groups is 2. The van der Waals surface area contributed by atoms with E-state index in [0.29, 0.717) is 20.8 Å². The highest BCUT2D eigenvalue weighted by Gasteiger charge is 2.32. The summed E-state index contributed by atoms with van der Waals surface area (Å²) in [5.74, 6) is -0.314. The molecule has 1 aromatic heterocycles. The molecule has 0 saturated carbocycles. The van der Waals surface area contributed by atoms with Crippen molar-refractivity contribution in [2.45, 2.75) is 19.9 Å². The standard InChI is InChI=1S/C24H20ClN3O2S3/c1-15-27-20(14-32-15)18-6-2-17(3-7-18)13-26-22(29)10-11-28-23(30)21(33-24(28)31)12-16-4-8-19(25)9-5-16/h2-9,12,14H,10-11,13H2,1H3,(H,26,29)/b21-12-. The first-order chi connectivity index (χ1) is 15.9. The number of aryl methyl sites for hydroxylation is 1. The molecule has 1 saturated heterocycles. The van der Waals surface area contributed by atoms with Crippen molar-refractivity contribution in [2.24, 2.45) is 0 Å². The third kappa shape index (κ3) is 6.09. The van der Waals surface area contributed by atoms with E-state index in [-0.39, 0.29) is 24.8 Å². The normalized spacial score (nSPS) is 14.8. The lowest BCUT2D eigenvalue weighted by Gasteiger charge is -2.14. The molecule has 0 spiro atoms. The van der Waals surface area contributed by atoms with Crippen LogP contribution in [0.25, 0.3) is 17.3 Å². The molecule has 5 nitrogen and oxygen atoms in total. The van der Waals surface area contributed by atoms with E-state index in [4.69, 9.17) is 23.8 Å². The van der Waals surface area contributed by atoms with Gasteiger partial charge in [-0.2, -0.15) is 0 Å². The minimum absolute atomic E-state index is 0.134. The molecule has 2 aromatic carbocycles. The molecule has 0 unspecified atom stereocenters. The van der Waals surface area contributed by atoms with Crippen molar-refractivity contribution in [3.05, 3.63) is 80.0 Å². The number of halogens is 1. The fraction of sp³-hybridized carbons (Fsp3) is 0.167. The van der Waals surface area contributed by atoms with E-state index in [9.17, 15) is 9.59 Å². The van der Waals surface area contributed by atoms with Gasteiger partial charge in [0.1, 0.15) is 4.32 Å². The van der Waals surface area contributed by atoms with Gasteiger partial charge in [0, 0.05) is 35.5 Å². The number of hydrogen-bond donors (Lipinski definition) is 1. The Labute approximate surface area is 210 Å². The van der Waals surface area contributed by atoms with Crippen molar-refractivity contribution < 1.29 is 9.59 Å². The van der Waals surface area contributed by atoms with Crippen LogP contribution in [-0.4, -0.2) is 32.6 Å². The van der Waals surface area contributed by atoms with E-state index in [2.05, 4.69) is 10.3 Å². The van der Waals surface area contributed by atoms with Crippen LogP contribution in [0.5, 0.6) is 0 Å². The Morgan fingerprint density at radius 3 is 2.58 bits per heavy atom. The summed E-state index contributed by atoms with van der Waals surface area (Å²) in [4.78, 5) is 31.6. The van der Waals surface area contributed by atoms with Crippen LogP contribution < -0.4 is 5.32 Å². The molecule has 1 N–H and O–H groups in total. The molecule has 168 valence electrons. The Bertz CT molecular complexity index is 1220. The number of benzene rings is 2. The summed E-state index contributed by atoms with van der Waals surface area (Å²) < 4.78 is 0.459. The monoisotopic (exact) mass is 513 g/mol. The van der Waals surface area contributed by atoms with E-state index in [1.54, 1.807) is 29.5 Å². The minimum Gasteiger partial charge on any atom is -0.352 e. The first-order valence-electron chi connectivity index (χ1n) is 10.2. The number of nitrogens with zero attached hydrogens (tertiary/aromatic N) is 2. The lowest BCUT2D eigenvalue weighted by Crippen LogP contribution is -2.33. The molecule has 1 fully saturated rings. The fourth-order valence-electron chi connectivity index (χ4n) is 3.19. The Morgan fingerprint density at radius 2 is 1.91 bits per heavy atom. The average Bonchev–Trinajstić information content (AvgIpc) is 3.35. The van der Waals surface area contributed by atoms with E-state index >= 15 is 0 Å². The van der Waals surface area contributed by atoms with Gasteiger partial charge in [0.15, 0.2) is 0 Å². The number of thiazole rings is 1. The summed E-state index contributed by atoms with van der Waals surface area (Å²) in [7, 11) is 0. The SMILES string of the molecule is Cc1nc(-c2ccc(CNC(=O)CCN3C(=O)/C(=C/c4ccc(Cl)cc4)SC3=S)cc2)cs1. The van der Waals surface area contributed by atoms with Crippen LogP contribution in [0.1, 0.15) is 22.6 Å². The molecule has 1 aliphatic heterocycles. The maximum Gasteiger partial charge on any atom is 0.266 e. The van der Waals surface area contributed by atoms with Gasteiger partial charge in [-0.1, -0.05) is 72.0 Å². The van der Waals surface area contributed by atoms with Crippen LogP contribution in [0.4, 0.5) is 0 Å². The number of thioether (sulfide) groups is 1. The second-order valence-electron chi connectivity index (χ2n) is 7.36. The molecule has 0 atom stereocenters. The van der Waals surface area contributed by atoms with Crippen LogP contribution in [0, 0.1) is 6.92 Å². The van der Waals surface area contributed by atoms with E-state index < -0.39 is 0 Å². The van der Waals surface area contributed by atoms with Gasteiger partial charge in [-0.05, 0) is 36.3 Å². The molecule has 0 radical (unpaired) electrons. The van der Waals surface area contributed by atoms with Gasteiger partial charge in [0.2, 0.25) is 5.91 Å². The van der Waals surface area contributed by atoms with Crippen molar-refractivity contribution in [3.8, 4) is 11.3 Å². The zero-order valence-electron chi connectivity index (χ0n) is 17.7. The first-order valence-corrected chi connectivity index (χ1v) is 12.7. The number of carbonyl (C=O) groups excluding carboxylic acids is 2. The number of nitrogens with one attached hydrogen (secondary N) is 1. The van der Waals surface area contributed by atoms with Gasteiger partial charge in [-0.15, -0.1) is 11.3 Å². The van der Waals surface area contributed by atoms with E-state index in [1.807, 2.05) is 48.7 Å². The summed E-state index contributed by atoms with van der Waals surface area (Å²) in [5, 5.41) is 6.60. The highest BCUT2D eigenvalue weighted by Crippen LogP contribution is 2.32. The predicted molar refractivity (Wildman–Crippen MR) is 140 cm³/mol. The van der Waals surface area contributed by atoms with E-state index in [1.165, 1.54) is 16.7 Å². The van der Waals surface area contributed by atoms with Gasteiger partial charge < -0.3 is 5.32 Å². The molecular formula is C24H20ClN3O2S3. The summed E-state index contributed by atoms with van der Waals surface area (Å²) >= 11 is 14.1. The minimum atomic E-state index is -0.180. The van der Waals surface area contributed by atoms with Crippen molar-refractivity contribution in [3.63, 3.8) is 0 Å². The number of amides is 2. The second kappa shape index (κ2) is 10.6. The third-order valence-corrected chi connectivity index (χ3v) is 7.37. The molecule has 2 amide bonds. The van der Waals surface area contributed by atoms with Crippen LogP contribution >= 0.6 is 46.9 Å². The Balaban J connectivity index is 1.27. The van der Waals surface area contributed by atoms with Crippen LogP contribution in [0.15, 0.2) is 58.8 Å². The molecule has 3 aromatic rings. The predicted octanol–water partition coefficient (Wildman–Crippen LogP) is 5.68. The quantitative estimate of drug-likeness (QED) is 0.325. The fourth-order valence-corrected chi connectivity index (χ4v) is 5.25. The molecule has 0 aliphatic carbocycles. The lowest BCUT2D eigenvalue weighted by atomic mass is 10.1. The molecule has 9 heteroatoms. The van der Waals surface area contributed by atoms with Crippen molar-refractivity contribution in [2.75, 3.05) is 6.54 Å². The Hall–Kier alpha value is -2.52. The topological polar surface area (TPSA) is 62.3 Å². The molecular weight excluding hydrogens is 494 g/mol. The summed E-state index contributed by atoms with van der Waals surface area (Å²) in [6.07, 6.45) is 1.96. The van der Waals surface area contributed by atoms with Crippen LogP contribution in [-0.2, 0) is 16.1 Å². The number of aromatic nitrogens is 1. The highest BCUT2D eigenvalue weighted by atomic mass is 35.5. The summed E-state index contributed by atoms with van der Waals surface area (Å²) in [6, 6.07) is 15.2. The lowest BCUT2D eigenvalue weighted by molar-refractivity contribution is -0.123. The van der Waals surface area contributed by atoms with Crippen molar-refractivity contribution in [1.29, 1.82) is 0 Å². The summed E-state index contributed by atoms with van der Waals surface area (Å²) in [5.41, 5.74) is 3.88. The largest absolute Gasteiger partial charge is 0.352 e. The van der Waals surface area contributed by atoms with Gasteiger partial charge in [0.25, 0.3) is 5.91 Å². The van der Waals surface area contributed by atoms with Gasteiger partial charge >= 0.3 is 0 Å². The number of thiocarbonyl (C=S) groups is 1. The van der Waals surface area contributed by atoms with Crippen molar-refractivity contribution in [1.82, 2.24) is 15.2 Å². The molecule has 33 heavy (non-hydrogen) atoms. The zero-order chi connectivity index (χ0) is 23.4. The molecule has 2 heterocycles. The highest BCUT2D eigenvalue weighted by molar-refractivity contribution is 8.26. The number of rotatable bonds is 7. The average molecular weight is 514 g/mol. The smallest absolute Gasteiger partial charge is 0.266 e. The Morgan fingerprint density at radius 1 is 1.18 bits per heavy atom. The van der Waals surface area contributed by atoms with Gasteiger partial charge in [0.05, 0.1) is 15.6 Å². The molecule has 0 bridgehead atoms. The first kappa shape index (κ1) is 23.6. The van der Waals surface area contributed by atoms with E-state index in [0.717, 1.165) is 27.4 Å². The maximum absolute atomic E-state index is 12.7. The van der Waals surface area contributed by atoms with Crippen molar-refractivity contribution >= 4 is 69.1 Å². The molecule has 4 rings (SSSR count). The van der Waals surface area contributed by atoms with Crippen LogP contribution in [0.2, 0.25) is 5.02 Å².